The van der Waals surface area contributed by atoms with Gasteiger partial charge in [-0.1, -0.05) is 43.3 Å². The molecule has 98 valence electrons. The van der Waals surface area contributed by atoms with E-state index in [1.54, 1.807) is 0 Å². The van der Waals surface area contributed by atoms with E-state index in [-0.39, 0.29) is 18.2 Å². The minimum Gasteiger partial charge on any atom is -0.345 e. The molecule has 1 aromatic carbocycles. The molecule has 0 aromatic heterocycles. The van der Waals surface area contributed by atoms with Crippen molar-refractivity contribution in [1.29, 1.82) is 0 Å². The van der Waals surface area contributed by atoms with Gasteiger partial charge in [0.15, 0.2) is 12.6 Å². The summed E-state index contributed by atoms with van der Waals surface area (Å²) in [6, 6.07) is 10.1. The van der Waals surface area contributed by atoms with Gasteiger partial charge in [-0.15, -0.1) is 6.58 Å². The van der Waals surface area contributed by atoms with Crippen LogP contribution in [0.15, 0.2) is 43.0 Å². The first-order valence-corrected chi connectivity index (χ1v) is 6.32. The Morgan fingerprint density at radius 3 is 2.56 bits per heavy atom. The Morgan fingerprint density at radius 1 is 1.44 bits per heavy atom. The van der Waals surface area contributed by atoms with Gasteiger partial charge in [-0.05, 0) is 18.9 Å². The number of ether oxygens (including phenoxy) is 3. The van der Waals surface area contributed by atoms with Crippen molar-refractivity contribution in [3.05, 3.63) is 48.6 Å². The van der Waals surface area contributed by atoms with Crippen molar-refractivity contribution in [2.24, 2.45) is 0 Å². The minimum atomic E-state index is -0.271. The van der Waals surface area contributed by atoms with Gasteiger partial charge in [-0.3, -0.25) is 0 Å². The summed E-state index contributed by atoms with van der Waals surface area (Å²) in [5.74, 6) is 0. The molecule has 0 spiro atoms. The van der Waals surface area contributed by atoms with Gasteiger partial charge in [-0.2, -0.15) is 0 Å². The van der Waals surface area contributed by atoms with Crippen LogP contribution >= 0.6 is 0 Å². The lowest BCUT2D eigenvalue weighted by atomic mass is 10.0. The van der Waals surface area contributed by atoms with E-state index in [1.807, 2.05) is 31.2 Å². The highest BCUT2D eigenvalue weighted by Gasteiger charge is 2.57. The Hall–Kier alpha value is -1.16. The topological polar surface area (TPSA) is 34.3 Å². The SMILES string of the molecule is C=CCC.CC1(c2ccccc2)OC1OC1CO1. The van der Waals surface area contributed by atoms with Crippen LogP contribution in [-0.2, 0) is 19.8 Å². The third kappa shape index (κ3) is 3.19. The average molecular weight is 248 g/mol. The molecule has 2 aliphatic heterocycles. The summed E-state index contributed by atoms with van der Waals surface area (Å²) in [5.41, 5.74) is 0.887. The Bertz CT molecular complexity index is 386. The smallest absolute Gasteiger partial charge is 0.195 e. The number of benzene rings is 1. The Labute approximate surface area is 108 Å². The van der Waals surface area contributed by atoms with Crippen molar-refractivity contribution in [3.8, 4) is 0 Å². The van der Waals surface area contributed by atoms with E-state index < -0.39 is 0 Å². The maximum atomic E-state index is 5.54. The molecule has 0 amide bonds. The monoisotopic (exact) mass is 248 g/mol. The largest absolute Gasteiger partial charge is 0.345 e. The van der Waals surface area contributed by atoms with Crippen molar-refractivity contribution >= 4 is 0 Å². The number of epoxide rings is 2. The quantitative estimate of drug-likeness (QED) is 0.606. The second kappa shape index (κ2) is 5.65. The van der Waals surface area contributed by atoms with Crippen LogP contribution in [0.3, 0.4) is 0 Å². The first-order valence-electron chi connectivity index (χ1n) is 6.32. The third-order valence-electron chi connectivity index (χ3n) is 2.96. The standard InChI is InChI=1S/C11H12O3.C4H8/c1-11(8-5-3-2-4-6-8)10(14-11)13-9-7-12-9;1-3-4-2/h2-6,9-10H,7H2,1H3;3H,1,4H2,2H3. The molecule has 3 atom stereocenters. The van der Waals surface area contributed by atoms with Crippen molar-refractivity contribution in [2.45, 2.75) is 38.4 Å². The zero-order valence-electron chi connectivity index (χ0n) is 11.0. The van der Waals surface area contributed by atoms with E-state index in [0.717, 1.165) is 12.0 Å². The molecule has 3 nitrogen and oxygen atoms in total. The Kier molecular flexibility index (Phi) is 4.17. The normalized spacial score (nSPS) is 32.1. The summed E-state index contributed by atoms with van der Waals surface area (Å²) >= 11 is 0. The maximum Gasteiger partial charge on any atom is 0.195 e. The highest BCUT2D eigenvalue weighted by molar-refractivity contribution is 5.26. The molecule has 0 bridgehead atoms. The highest BCUT2D eigenvalue weighted by atomic mass is 16.9. The number of hydrogen-bond acceptors (Lipinski definition) is 3. The molecule has 2 fully saturated rings. The lowest BCUT2D eigenvalue weighted by Gasteiger charge is -2.05. The number of allylic oxidation sites excluding steroid dienone is 1. The van der Waals surface area contributed by atoms with Crippen LogP contribution in [-0.4, -0.2) is 19.2 Å². The summed E-state index contributed by atoms with van der Waals surface area (Å²) in [7, 11) is 0. The van der Waals surface area contributed by atoms with Crippen molar-refractivity contribution in [1.82, 2.24) is 0 Å². The molecule has 1 aromatic rings. The fraction of sp³-hybridized carbons (Fsp3) is 0.467. The maximum absolute atomic E-state index is 5.54. The summed E-state index contributed by atoms with van der Waals surface area (Å²) in [4.78, 5) is 0. The molecule has 2 heterocycles. The predicted molar refractivity (Wildman–Crippen MR) is 70.0 cm³/mol. The first-order chi connectivity index (χ1) is 8.70. The van der Waals surface area contributed by atoms with Crippen molar-refractivity contribution < 1.29 is 14.2 Å². The van der Waals surface area contributed by atoms with Gasteiger partial charge in [0.25, 0.3) is 0 Å². The molecule has 2 aliphatic rings. The Balaban J connectivity index is 0.000000267. The summed E-state index contributed by atoms with van der Waals surface area (Å²) < 4.78 is 16.0. The van der Waals surface area contributed by atoms with Crippen LogP contribution in [0.25, 0.3) is 0 Å². The highest BCUT2D eigenvalue weighted by Crippen LogP contribution is 2.47. The van der Waals surface area contributed by atoms with Crippen molar-refractivity contribution in [3.63, 3.8) is 0 Å². The van der Waals surface area contributed by atoms with E-state index in [2.05, 4.69) is 25.6 Å². The zero-order valence-corrected chi connectivity index (χ0v) is 11.0. The van der Waals surface area contributed by atoms with Crippen LogP contribution in [0, 0.1) is 0 Å². The molecule has 0 saturated carbocycles. The first kappa shape index (κ1) is 13.3. The van der Waals surface area contributed by atoms with Crippen LogP contribution < -0.4 is 0 Å². The molecule has 2 saturated heterocycles. The Morgan fingerprint density at radius 2 is 2.06 bits per heavy atom. The van der Waals surface area contributed by atoms with Gasteiger partial charge in [0.1, 0.15) is 12.2 Å². The van der Waals surface area contributed by atoms with E-state index in [4.69, 9.17) is 14.2 Å². The second-order valence-electron chi connectivity index (χ2n) is 4.52. The van der Waals surface area contributed by atoms with E-state index in [9.17, 15) is 0 Å². The fourth-order valence-corrected chi connectivity index (χ4v) is 1.57. The molecule has 0 N–H and O–H groups in total. The molecule has 18 heavy (non-hydrogen) atoms. The van der Waals surface area contributed by atoms with Crippen LogP contribution in [0.2, 0.25) is 0 Å². The second-order valence-corrected chi connectivity index (χ2v) is 4.52. The molecular formula is C15H20O3. The average Bonchev–Trinajstić information content (AvgIpc) is 3.32. The summed E-state index contributed by atoms with van der Waals surface area (Å²) in [5, 5.41) is 0. The van der Waals surface area contributed by atoms with Gasteiger partial charge in [-0.25, -0.2) is 0 Å². The third-order valence-corrected chi connectivity index (χ3v) is 2.96. The molecule has 3 rings (SSSR count). The van der Waals surface area contributed by atoms with Crippen LogP contribution in [0.5, 0.6) is 0 Å². The van der Waals surface area contributed by atoms with Gasteiger partial charge in [0.2, 0.25) is 0 Å². The van der Waals surface area contributed by atoms with E-state index >= 15 is 0 Å². The molecule has 0 radical (unpaired) electrons. The van der Waals surface area contributed by atoms with Gasteiger partial charge in [0.05, 0.1) is 0 Å². The molecule has 3 heteroatoms. The van der Waals surface area contributed by atoms with Gasteiger partial charge in [0, 0.05) is 0 Å². The summed E-state index contributed by atoms with van der Waals surface area (Å²) in [6.45, 7) is 8.28. The lowest BCUT2D eigenvalue weighted by Crippen LogP contribution is -2.11. The molecule has 3 unspecified atom stereocenters. The molecule has 0 aliphatic carbocycles. The zero-order chi connectivity index (χ0) is 13.0. The minimum absolute atomic E-state index is 0.0365. The lowest BCUT2D eigenvalue weighted by molar-refractivity contribution is -0.0104. The number of rotatable bonds is 4. The van der Waals surface area contributed by atoms with Gasteiger partial charge >= 0.3 is 0 Å². The molecular weight excluding hydrogens is 228 g/mol. The number of hydrogen-bond donors (Lipinski definition) is 0. The van der Waals surface area contributed by atoms with Crippen molar-refractivity contribution in [2.75, 3.05) is 6.61 Å². The van der Waals surface area contributed by atoms with E-state index in [0.29, 0.717) is 6.61 Å². The van der Waals surface area contributed by atoms with E-state index in [1.165, 1.54) is 0 Å². The summed E-state index contributed by atoms with van der Waals surface area (Å²) in [6.07, 6.45) is 2.78. The predicted octanol–water partition coefficient (Wildman–Crippen LogP) is 3.21. The fourth-order valence-electron chi connectivity index (χ4n) is 1.57. The van der Waals surface area contributed by atoms with Crippen LogP contribution in [0.1, 0.15) is 25.8 Å². The van der Waals surface area contributed by atoms with Gasteiger partial charge < -0.3 is 14.2 Å². The van der Waals surface area contributed by atoms with Crippen LogP contribution in [0.4, 0.5) is 0 Å².